The molecule has 3 amide bonds. The second kappa shape index (κ2) is 11.6. The molecule has 3 aliphatic heterocycles. The zero-order chi connectivity index (χ0) is 27.6. The van der Waals surface area contributed by atoms with Crippen LogP contribution >= 0.6 is 11.8 Å². The van der Waals surface area contributed by atoms with Gasteiger partial charge in [0.05, 0.1) is 25.8 Å². The number of likely N-dealkylation sites (tertiary alicyclic amines) is 3. The average molecular weight is 556 g/mol. The lowest BCUT2D eigenvalue weighted by atomic mass is 9.93. The number of carbonyl (C=O) groups excluding carboxylic acids is 3. The minimum Gasteiger partial charge on any atom is -0.496 e. The van der Waals surface area contributed by atoms with E-state index < -0.39 is 11.6 Å². The lowest BCUT2D eigenvalue weighted by molar-refractivity contribution is -0.148. The van der Waals surface area contributed by atoms with Crippen molar-refractivity contribution >= 4 is 29.7 Å². The van der Waals surface area contributed by atoms with Crippen molar-refractivity contribution in [3.05, 3.63) is 24.3 Å². The highest BCUT2D eigenvalue weighted by atomic mass is 32.2. The van der Waals surface area contributed by atoms with E-state index >= 15 is 0 Å². The number of nitrogens with zero attached hydrogens (tertiary/aromatic N) is 4. The molecule has 0 radical (unpaired) electrons. The molecular formula is C28H37N5O5S. The lowest BCUT2D eigenvalue weighted by Gasteiger charge is -2.48. The summed E-state index contributed by atoms with van der Waals surface area (Å²) in [5.74, 6) is 0.521. The Morgan fingerprint density at radius 3 is 2.49 bits per heavy atom. The van der Waals surface area contributed by atoms with Crippen LogP contribution in [0.25, 0.3) is 0 Å². The number of nitrogens with one attached hydrogen (secondary N) is 1. The van der Waals surface area contributed by atoms with Crippen molar-refractivity contribution in [1.82, 2.24) is 20.0 Å². The van der Waals surface area contributed by atoms with Crippen LogP contribution in [0.3, 0.4) is 0 Å². The summed E-state index contributed by atoms with van der Waals surface area (Å²) in [5.41, 5.74) is -0.783. The van der Waals surface area contributed by atoms with Crippen molar-refractivity contribution in [3.63, 3.8) is 0 Å². The summed E-state index contributed by atoms with van der Waals surface area (Å²) in [5, 5.41) is 12.5. The predicted octanol–water partition coefficient (Wildman–Crippen LogP) is 2.62. The molecule has 0 aromatic heterocycles. The van der Waals surface area contributed by atoms with Gasteiger partial charge in [-0.25, -0.2) is 4.79 Å². The first kappa shape index (κ1) is 27.6. The van der Waals surface area contributed by atoms with Crippen molar-refractivity contribution in [1.29, 1.82) is 5.26 Å². The largest absolute Gasteiger partial charge is 0.496 e. The van der Waals surface area contributed by atoms with Gasteiger partial charge in [-0.3, -0.25) is 14.5 Å². The second-order valence-corrected chi connectivity index (χ2v) is 12.1. The number of benzene rings is 1. The number of para-hydroxylation sites is 1. The van der Waals surface area contributed by atoms with E-state index in [9.17, 15) is 19.6 Å². The molecule has 39 heavy (non-hydrogen) atoms. The summed E-state index contributed by atoms with van der Waals surface area (Å²) in [6.07, 6.45) is 3.89. The molecule has 1 aromatic carbocycles. The Morgan fingerprint density at radius 1 is 1.13 bits per heavy atom. The number of hydrogen-bond donors (Lipinski definition) is 1. The van der Waals surface area contributed by atoms with Gasteiger partial charge in [0, 0.05) is 42.4 Å². The molecule has 1 unspecified atom stereocenters. The third-order valence-electron chi connectivity index (χ3n) is 8.34. The average Bonchev–Trinajstić information content (AvgIpc) is 3.57. The van der Waals surface area contributed by atoms with Crippen LogP contribution in [0.2, 0.25) is 0 Å². The fraction of sp³-hybridized carbons (Fsp3) is 0.643. The minimum absolute atomic E-state index is 0.0147. The first-order chi connectivity index (χ1) is 18.9. The van der Waals surface area contributed by atoms with Crippen molar-refractivity contribution in [3.8, 4) is 11.8 Å². The highest BCUT2D eigenvalue weighted by Gasteiger charge is 2.51. The van der Waals surface area contributed by atoms with E-state index in [2.05, 4.69) is 16.3 Å². The van der Waals surface area contributed by atoms with Crippen LogP contribution < -0.4 is 10.1 Å². The zero-order valence-electron chi connectivity index (χ0n) is 22.6. The minimum atomic E-state index is -0.783. The maximum atomic E-state index is 13.9. The van der Waals surface area contributed by atoms with Crippen LogP contribution in [0.15, 0.2) is 29.2 Å². The summed E-state index contributed by atoms with van der Waals surface area (Å²) >= 11 is 1.63. The van der Waals surface area contributed by atoms with Crippen LogP contribution in [-0.2, 0) is 14.3 Å². The summed E-state index contributed by atoms with van der Waals surface area (Å²) in [4.78, 5) is 46.2. The first-order valence-electron chi connectivity index (χ1n) is 13.9. The quantitative estimate of drug-likeness (QED) is 0.521. The maximum Gasteiger partial charge on any atom is 0.409 e. The molecule has 1 aliphatic carbocycles. The van der Waals surface area contributed by atoms with Crippen molar-refractivity contribution in [2.24, 2.45) is 0 Å². The Bertz CT molecular complexity index is 1130. The van der Waals surface area contributed by atoms with Gasteiger partial charge in [-0.1, -0.05) is 12.1 Å². The summed E-state index contributed by atoms with van der Waals surface area (Å²) in [7, 11) is 1.64. The number of hydrogen-bond acceptors (Lipinski definition) is 8. The normalized spacial score (nSPS) is 26.3. The highest BCUT2D eigenvalue weighted by molar-refractivity contribution is 8.00. The maximum absolute atomic E-state index is 13.9. The van der Waals surface area contributed by atoms with E-state index in [1.54, 1.807) is 35.6 Å². The van der Waals surface area contributed by atoms with Crippen LogP contribution in [0.1, 0.15) is 45.4 Å². The third kappa shape index (κ3) is 5.82. The van der Waals surface area contributed by atoms with E-state index in [-0.39, 0.29) is 35.2 Å². The SMILES string of the molecule is CCOC(=O)N1CCC(N2CCC2C(=O)N2C[C@H](Sc3ccccc3OC)C[C@H]2C(=O)NC2(C#N)CC2)CC1. The van der Waals surface area contributed by atoms with E-state index in [1.165, 1.54) is 0 Å². The van der Waals surface area contributed by atoms with E-state index in [0.717, 1.165) is 36.5 Å². The van der Waals surface area contributed by atoms with Crippen LogP contribution in [0.4, 0.5) is 4.79 Å². The molecular weight excluding hydrogens is 518 g/mol. The van der Waals surface area contributed by atoms with E-state index in [1.807, 2.05) is 24.3 Å². The Kier molecular flexibility index (Phi) is 8.24. The molecule has 4 aliphatic rings. The smallest absolute Gasteiger partial charge is 0.409 e. The standard InChI is InChI=1S/C28H37N5O5S/c1-3-38-27(36)31-13-8-19(9-14-31)32-15-10-21(32)26(35)33-17-20(39-24-7-5-4-6-23(24)37-2)16-22(33)25(34)30-28(18-29)11-12-28/h4-7,19-22H,3,8-17H2,1-2H3,(H,30,34)/t20-,21?,22+/m1/s1. The fourth-order valence-electron chi connectivity index (χ4n) is 5.88. The Labute approximate surface area is 233 Å². The van der Waals surface area contributed by atoms with E-state index in [4.69, 9.17) is 9.47 Å². The lowest BCUT2D eigenvalue weighted by Crippen LogP contribution is -2.63. The number of nitriles is 1. The van der Waals surface area contributed by atoms with Crippen molar-refractivity contribution in [2.75, 3.05) is 39.9 Å². The summed E-state index contributed by atoms with van der Waals surface area (Å²) < 4.78 is 10.7. The number of piperidine rings is 1. The number of thioether (sulfide) groups is 1. The van der Waals surface area contributed by atoms with Crippen molar-refractivity contribution in [2.45, 2.75) is 79.3 Å². The Hall–Kier alpha value is -2.97. The molecule has 3 atom stereocenters. The Balaban J connectivity index is 1.27. The highest BCUT2D eigenvalue weighted by Crippen LogP contribution is 2.40. The molecule has 11 heteroatoms. The monoisotopic (exact) mass is 555 g/mol. The summed E-state index contributed by atoms with van der Waals surface area (Å²) in [6, 6.07) is 9.36. The van der Waals surface area contributed by atoms with Crippen molar-refractivity contribution < 1.29 is 23.9 Å². The van der Waals surface area contributed by atoms with E-state index in [0.29, 0.717) is 45.5 Å². The molecule has 4 fully saturated rings. The number of rotatable bonds is 8. The predicted molar refractivity (Wildman–Crippen MR) is 145 cm³/mol. The van der Waals surface area contributed by atoms with Gasteiger partial charge in [0.15, 0.2) is 0 Å². The number of ether oxygens (including phenoxy) is 2. The zero-order valence-corrected chi connectivity index (χ0v) is 23.5. The van der Waals surface area contributed by atoms with Gasteiger partial charge in [0.2, 0.25) is 11.8 Å². The van der Waals surface area contributed by atoms with Crippen LogP contribution in [0, 0.1) is 11.3 Å². The number of carbonyl (C=O) groups is 3. The van der Waals surface area contributed by atoms with Gasteiger partial charge < -0.3 is 24.6 Å². The fourth-order valence-corrected chi connectivity index (χ4v) is 7.17. The van der Waals surface area contributed by atoms with Gasteiger partial charge >= 0.3 is 6.09 Å². The second-order valence-electron chi connectivity index (χ2n) is 10.8. The van der Waals surface area contributed by atoms with Crippen LogP contribution in [-0.4, -0.2) is 101 Å². The topological polar surface area (TPSA) is 115 Å². The molecule has 0 spiro atoms. The molecule has 3 heterocycles. The first-order valence-corrected chi connectivity index (χ1v) is 14.8. The van der Waals surface area contributed by atoms with Gasteiger partial charge in [-0.2, -0.15) is 5.26 Å². The summed E-state index contributed by atoms with van der Waals surface area (Å²) in [6.45, 7) is 4.69. The number of amides is 3. The molecule has 1 N–H and O–H groups in total. The number of methoxy groups -OCH3 is 1. The molecule has 1 aromatic rings. The van der Waals surface area contributed by atoms with Gasteiger partial charge in [-0.15, -0.1) is 11.8 Å². The van der Waals surface area contributed by atoms with Gasteiger partial charge in [-0.05, 0) is 57.6 Å². The molecule has 3 saturated heterocycles. The molecule has 1 saturated carbocycles. The van der Waals surface area contributed by atoms with Crippen LogP contribution in [0.5, 0.6) is 5.75 Å². The Morgan fingerprint density at radius 2 is 1.87 bits per heavy atom. The molecule has 210 valence electrons. The third-order valence-corrected chi connectivity index (χ3v) is 9.61. The van der Waals surface area contributed by atoms with Gasteiger partial charge in [0.1, 0.15) is 17.3 Å². The molecule has 10 nitrogen and oxygen atoms in total. The molecule has 5 rings (SSSR count). The molecule has 0 bridgehead atoms. The van der Waals surface area contributed by atoms with Gasteiger partial charge in [0.25, 0.3) is 0 Å².